The van der Waals surface area contributed by atoms with E-state index in [1.165, 1.54) is 30.8 Å². The first kappa shape index (κ1) is 13.3. The second kappa shape index (κ2) is 7.53. The quantitative estimate of drug-likeness (QED) is 0.596. The van der Waals surface area contributed by atoms with Gasteiger partial charge in [-0.2, -0.15) is 11.8 Å². The summed E-state index contributed by atoms with van der Waals surface area (Å²) in [7, 11) is 0. The van der Waals surface area contributed by atoms with E-state index >= 15 is 0 Å². The first-order valence-electron chi connectivity index (χ1n) is 6.29. The predicted octanol–water partition coefficient (Wildman–Crippen LogP) is 2.09. The first-order valence-corrected chi connectivity index (χ1v) is 7.44. The van der Waals surface area contributed by atoms with Crippen molar-refractivity contribution in [2.24, 2.45) is 17.6 Å². The lowest BCUT2D eigenvalue weighted by atomic mass is 10.1. The summed E-state index contributed by atoms with van der Waals surface area (Å²) in [6.07, 6.45) is 4.11. The fourth-order valence-corrected chi connectivity index (χ4v) is 2.60. The van der Waals surface area contributed by atoms with Crippen LogP contribution in [0.5, 0.6) is 0 Å². The number of hydrogen-bond acceptors (Lipinski definition) is 3. The summed E-state index contributed by atoms with van der Waals surface area (Å²) >= 11 is 2.01. The normalized spacial score (nSPS) is 20.2. The number of rotatable bonds is 9. The second-order valence-electron chi connectivity index (χ2n) is 4.64. The highest BCUT2D eigenvalue weighted by molar-refractivity contribution is 7.99. The SMILES string of the molecule is CCSCCC(CN)NCC(C)C1CC1. The average molecular weight is 230 g/mol. The molecule has 2 unspecified atom stereocenters. The molecule has 0 heterocycles. The van der Waals surface area contributed by atoms with Gasteiger partial charge < -0.3 is 11.1 Å². The first-order chi connectivity index (χ1) is 7.27. The van der Waals surface area contributed by atoms with E-state index in [2.05, 4.69) is 19.2 Å². The van der Waals surface area contributed by atoms with Gasteiger partial charge in [-0.25, -0.2) is 0 Å². The molecule has 2 nitrogen and oxygen atoms in total. The Morgan fingerprint density at radius 2 is 2.20 bits per heavy atom. The van der Waals surface area contributed by atoms with Gasteiger partial charge in [-0.3, -0.25) is 0 Å². The molecule has 0 radical (unpaired) electrons. The fourth-order valence-electron chi connectivity index (χ4n) is 1.86. The van der Waals surface area contributed by atoms with Crippen LogP contribution in [0, 0.1) is 11.8 Å². The van der Waals surface area contributed by atoms with Crippen molar-refractivity contribution >= 4 is 11.8 Å². The number of nitrogens with two attached hydrogens (primary N) is 1. The van der Waals surface area contributed by atoms with Gasteiger partial charge in [0.05, 0.1) is 0 Å². The zero-order chi connectivity index (χ0) is 11.1. The Morgan fingerprint density at radius 3 is 2.73 bits per heavy atom. The van der Waals surface area contributed by atoms with Crippen molar-refractivity contribution in [3.8, 4) is 0 Å². The Bertz CT molecular complexity index is 160. The van der Waals surface area contributed by atoms with Crippen LogP contribution in [0.15, 0.2) is 0 Å². The molecule has 0 spiro atoms. The average Bonchev–Trinajstić information content (AvgIpc) is 3.06. The van der Waals surface area contributed by atoms with Gasteiger partial charge in [0.2, 0.25) is 0 Å². The van der Waals surface area contributed by atoms with Crippen molar-refractivity contribution in [2.75, 3.05) is 24.6 Å². The molecular formula is C12H26N2S. The Balaban J connectivity index is 2.03. The van der Waals surface area contributed by atoms with Crippen LogP contribution in [0.25, 0.3) is 0 Å². The van der Waals surface area contributed by atoms with Crippen LogP contribution in [-0.4, -0.2) is 30.6 Å². The number of nitrogens with one attached hydrogen (secondary N) is 1. The summed E-state index contributed by atoms with van der Waals surface area (Å²) in [5.74, 6) is 4.30. The third kappa shape index (κ3) is 5.79. The van der Waals surface area contributed by atoms with Crippen molar-refractivity contribution in [1.82, 2.24) is 5.32 Å². The van der Waals surface area contributed by atoms with Crippen LogP contribution in [0.2, 0.25) is 0 Å². The maximum Gasteiger partial charge on any atom is 0.0198 e. The van der Waals surface area contributed by atoms with Gasteiger partial charge in [-0.15, -0.1) is 0 Å². The molecule has 0 aromatic carbocycles. The minimum absolute atomic E-state index is 0.533. The molecule has 0 amide bonds. The smallest absolute Gasteiger partial charge is 0.0198 e. The van der Waals surface area contributed by atoms with E-state index in [1.807, 2.05) is 11.8 Å². The van der Waals surface area contributed by atoms with E-state index < -0.39 is 0 Å². The molecule has 3 N–H and O–H groups in total. The predicted molar refractivity (Wildman–Crippen MR) is 70.3 cm³/mol. The summed E-state index contributed by atoms with van der Waals surface area (Å²) < 4.78 is 0. The highest BCUT2D eigenvalue weighted by Crippen LogP contribution is 2.36. The van der Waals surface area contributed by atoms with Gasteiger partial charge in [0, 0.05) is 12.6 Å². The molecule has 1 rings (SSSR count). The van der Waals surface area contributed by atoms with E-state index in [4.69, 9.17) is 5.73 Å². The molecule has 0 aromatic heterocycles. The minimum Gasteiger partial charge on any atom is -0.329 e. The molecule has 1 aliphatic carbocycles. The molecule has 0 bridgehead atoms. The summed E-state index contributed by atoms with van der Waals surface area (Å²) in [6, 6.07) is 0.533. The monoisotopic (exact) mass is 230 g/mol. The standard InChI is InChI=1S/C12H26N2S/c1-3-15-7-6-12(8-13)14-9-10(2)11-4-5-11/h10-12,14H,3-9,13H2,1-2H3. The van der Waals surface area contributed by atoms with Crippen LogP contribution < -0.4 is 11.1 Å². The summed E-state index contributed by atoms with van der Waals surface area (Å²) in [4.78, 5) is 0. The lowest BCUT2D eigenvalue weighted by Crippen LogP contribution is -2.39. The van der Waals surface area contributed by atoms with Gasteiger partial charge >= 0.3 is 0 Å². The van der Waals surface area contributed by atoms with Crippen LogP contribution in [0.3, 0.4) is 0 Å². The maximum absolute atomic E-state index is 5.76. The van der Waals surface area contributed by atoms with Gasteiger partial charge in [0.25, 0.3) is 0 Å². The van der Waals surface area contributed by atoms with E-state index in [9.17, 15) is 0 Å². The molecule has 15 heavy (non-hydrogen) atoms. The zero-order valence-electron chi connectivity index (χ0n) is 10.2. The minimum atomic E-state index is 0.533. The highest BCUT2D eigenvalue weighted by Gasteiger charge is 2.27. The zero-order valence-corrected chi connectivity index (χ0v) is 11.0. The summed E-state index contributed by atoms with van der Waals surface area (Å²) in [5, 5.41) is 3.61. The Hall–Kier alpha value is 0.270. The van der Waals surface area contributed by atoms with E-state index in [-0.39, 0.29) is 0 Å². The summed E-state index contributed by atoms with van der Waals surface area (Å²) in [6.45, 7) is 6.51. The van der Waals surface area contributed by atoms with Crippen molar-refractivity contribution in [2.45, 2.75) is 39.2 Å². The van der Waals surface area contributed by atoms with Crippen molar-refractivity contribution in [1.29, 1.82) is 0 Å². The summed E-state index contributed by atoms with van der Waals surface area (Å²) in [5.41, 5.74) is 5.76. The maximum atomic E-state index is 5.76. The number of thioether (sulfide) groups is 1. The van der Waals surface area contributed by atoms with Crippen LogP contribution in [0.4, 0.5) is 0 Å². The third-order valence-corrected chi connectivity index (χ3v) is 4.19. The lowest BCUT2D eigenvalue weighted by molar-refractivity contribution is 0.412. The molecule has 1 saturated carbocycles. The molecule has 1 fully saturated rings. The lowest BCUT2D eigenvalue weighted by Gasteiger charge is -2.19. The fraction of sp³-hybridized carbons (Fsp3) is 1.00. The van der Waals surface area contributed by atoms with Crippen LogP contribution in [-0.2, 0) is 0 Å². The van der Waals surface area contributed by atoms with Gasteiger partial charge in [-0.05, 0) is 49.1 Å². The second-order valence-corrected chi connectivity index (χ2v) is 6.04. The molecule has 90 valence electrons. The highest BCUT2D eigenvalue weighted by atomic mass is 32.2. The molecule has 0 aromatic rings. The van der Waals surface area contributed by atoms with Gasteiger partial charge in [0.15, 0.2) is 0 Å². The van der Waals surface area contributed by atoms with Crippen molar-refractivity contribution in [3.05, 3.63) is 0 Å². The topological polar surface area (TPSA) is 38.0 Å². The molecule has 1 aliphatic rings. The van der Waals surface area contributed by atoms with E-state index in [0.29, 0.717) is 6.04 Å². The molecule has 0 aliphatic heterocycles. The van der Waals surface area contributed by atoms with E-state index in [0.717, 1.165) is 24.9 Å². The molecular weight excluding hydrogens is 204 g/mol. The van der Waals surface area contributed by atoms with E-state index in [1.54, 1.807) is 0 Å². The van der Waals surface area contributed by atoms with Crippen LogP contribution in [0.1, 0.15) is 33.1 Å². The van der Waals surface area contributed by atoms with Crippen molar-refractivity contribution in [3.63, 3.8) is 0 Å². The van der Waals surface area contributed by atoms with Gasteiger partial charge in [0.1, 0.15) is 0 Å². The number of hydrogen-bond donors (Lipinski definition) is 2. The van der Waals surface area contributed by atoms with Crippen LogP contribution >= 0.6 is 11.8 Å². The Kier molecular flexibility index (Phi) is 6.69. The molecule has 0 saturated heterocycles. The van der Waals surface area contributed by atoms with Gasteiger partial charge in [-0.1, -0.05) is 13.8 Å². The third-order valence-electron chi connectivity index (χ3n) is 3.25. The Morgan fingerprint density at radius 1 is 1.47 bits per heavy atom. The van der Waals surface area contributed by atoms with Crippen molar-refractivity contribution < 1.29 is 0 Å². The Labute approximate surface area is 98.8 Å². The largest absolute Gasteiger partial charge is 0.329 e. The molecule has 2 atom stereocenters. The molecule has 3 heteroatoms.